The Morgan fingerprint density at radius 1 is 1.10 bits per heavy atom. The number of hydrogen-bond acceptors (Lipinski definition) is 4. The second-order valence-electron chi connectivity index (χ2n) is 7.95. The number of para-hydroxylation sites is 1. The minimum atomic E-state index is 0. The number of halogens is 1. The van der Waals surface area contributed by atoms with Gasteiger partial charge in [-0.1, -0.05) is 25.1 Å². The number of likely N-dealkylation sites (N-methyl/N-ethyl adjacent to an activating group) is 1. The van der Waals surface area contributed by atoms with E-state index in [0.29, 0.717) is 12.1 Å². The number of rotatable bonds is 7. The average molecular weight is 515 g/mol. The lowest BCUT2D eigenvalue weighted by Gasteiger charge is -2.37. The zero-order chi connectivity index (χ0) is 19.8. The highest BCUT2D eigenvalue weighted by molar-refractivity contribution is 14.0. The van der Waals surface area contributed by atoms with Crippen LogP contribution in [0, 0.1) is 0 Å². The Hall–Kier alpha value is -1.06. The van der Waals surface area contributed by atoms with Gasteiger partial charge in [-0.3, -0.25) is 9.89 Å². The van der Waals surface area contributed by atoms with E-state index < -0.39 is 0 Å². The number of hydrogen-bond donors (Lipinski definition) is 2. The highest BCUT2D eigenvalue weighted by atomic mass is 127. The fraction of sp³-hybridized carbons (Fsp3) is 0.682. The Balaban J connectivity index is 0.00000300. The molecule has 1 aromatic carbocycles. The summed E-state index contributed by atoms with van der Waals surface area (Å²) in [6.07, 6.45) is 1.15. The van der Waals surface area contributed by atoms with Gasteiger partial charge in [-0.25, -0.2) is 0 Å². The van der Waals surface area contributed by atoms with E-state index in [1.165, 1.54) is 18.8 Å². The second kappa shape index (κ2) is 12.6. The topological polar surface area (TPSA) is 46.1 Å². The molecule has 164 valence electrons. The Kier molecular flexibility index (Phi) is 10.5. The van der Waals surface area contributed by atoms with E-state index in [-0.39, 0.29) is 24.0 Å². The molecule has 0 saturated carbocycles. The summed E-state index contributed by atoms with van der Waals surface area (Å²) >= 11 is 0. The molecular weight excluding hydrogens is 475 g/mol. The van der Waals surface area contributed by atoms with Gasteiger partial charge in [0.25, 0.3) is 0 Å². The van der Waals surface area contributed by atoms with E-state index in [2.05, 4.69) is 76.4 Å². The van der Waals surface area contributed by atoms with E-state index in [1.54, 1.807) is 0 Å². The minimum Gasteiger partial charge on any atom is -0.369 e. The van der Waals surface area contributed by atoms with Gasteiger partial charge < -0.3 is 20.4 Å². The van der Waals surface area contributed by atoms with Gasteiger partial charge in [0.05, 0.1) is 6.54 Å². The van der Waals surface area contributed by atoms with Crippen LogP contribution < -0.4 is 15.5 Å². The Morgan fingerprint density at radius 2 is 1.83 bits per heavy atom. The summed E-state index contributed by atoms with van der Waals surface area (Å²) in [6.45, 7) is 16.4. The van der Waals surface area contributed by atoms with Crippen LogP contribution in [0.3, 0.4) is 0 Å². The predicted octanol–water partition coefficient (Wildman–Crippen LogP) is 2.46. The summed E-state index contributed by atoms with van der Waals surface area (Å²) in [5.74, 6) is 0.960. The van der Waals surface area contributed by atoms with Crippen LogP contribution in [0.25, 0.3) is 0 Å². The summed E-state index contributed by atoms with van der Waals surface area (Å²) in [4.78, 5) is 12.5. The van der Waals surface area contributed by atoms with Crippen LogP contribution in [0.1, 0.15) is 27.2 Å². The maximum absolute atomic E-state index is 4.91. The molecule has 6 nitrogen and oxygen atoms in total. The third-order valence-corrected chi connectivity index (χ3v) is 5.99. The van der Waals surface area contributed by atoms with Gasteiger partial charge in [0, 0.05) is 63.6 Å². The van der Waals surface area contributed by atoms with Crippen molar-refractivity contribution in [1.29, 1.82) is 0 Å². The molecule has 0 radical (unpaired) electrons. The fourth-order valence-corrected chi connectivity index (χ4v) is 4.12. The highest BCUT2D eigenvalue weighted by Crippen LogP contribution is 2.19. The molecule has 0 bridgehead atoms. The summed E-state index contributed by atoms with van der Waals surface area (Å²) in [5.41, 5.74) is 1.31. The summed E-state index contributed by atoms with van der Waals surface area (Å²) in [7, 11) is 0. The van der Waals surface area contributed by atoms with Crippen LogP contribution in [0.2, 0.25) is 0 Å². The molecular formula is C22H39IN6. The van der Waals surface area contributed by atoms with Crippen molar-refractivity contribution in [3.8, 4) is 0 Å². The van der Waals surface area contributed by atoms with Gasteiger partial charge in [-0.2, -0.15) is 0 Å². The first kappa shape index (κ1) is 24.2. The van der Waals surface area contributed by atoms with Crippen LogP contribution in [0.5, 0.6) is 0 Å². The van der Waals surface area contributed by atoms with E-state index in [4.69, 9.17) is 4.99 Å². The van der Waals surface area contributed by atoms with Crippen molar-refractivity contribution in [2.24, 2.45) is 4.99 Å². The first-order valence-corrected chi connectivity index (χ1v) is 11.0. The van der Waals surface area contributed by atoms with Crippen molar-refractivity contribution in [2.75, 3.05) is 63.8 Å². The van der Waals surface area contributed by atoms with Crippen molar-refractivity contribution < 1.29 is 0 Å². The largest absolute Gasteiger partial charge is 0.369 e. The van der Waals surface area contributed by atoms with Crippen LogP contribution in [0.4, 0.5) is 5.69 Å². The number of guanidine groups is 1. The lowest BCUT2D eigenvalue weighted by Crippen LogP contribution is -2.50. The first-order valence-electron chi connectivity index (χ1n) is 11.0. The quantitative estimate of drug-likeness (QED) is 0.333. The SMILES string of the molecule is CCNC(=NCC(C)N1CCN(CC)CC1)NC1CCN(c2ccccc2)C1.I. The molecule has 2 fully saturated rings. The lowest BCUT2D eigenvalue weighted by atomic mass is 10.2. The highest BCUT2D eigenvalue weighted by Gasteiger charge is 2.24. The van der Waals surface area contributed by atoms with Crippen LogP contribution in [-0.4, -0.2) is 86.7 Å². The molecule has 0 aliphatic carbocycles. The minimum absolute atomic E-state index is 0. The van der Waals surface area contributed by atoms with Gasteiger partial charge in [0.1, 0.15) is 0 Å². The van der Waals surface area contributed by atoms with Gasteiger partial charge in [-0.05, 0) is 38.9 Å². The molecule has 2 saturated heterocycles. The van der Waals surface area contributed by atoms with E-state index in [0.717, 1.165) is 58.2 Å². The van der Waals surface area contributed by atoms with Gasteiger partial charge >= 0.3 is 0 Å². The molecule has 0 aromatic heterocycles. The molecule has 0 spiro atoms. The zero-order valence-corrected chi connectivity index (χ0v) is 20.6. The fourth-order valence-electron chi connectivity index (χ4n) is 4.12. The molecule has 7 heteroatoms. The van der Waals surface area contributed by atoms with E-state index in [1.807, 2.05) is 0 Å². The third-order valence-electron chi connectivity index (χ3n) is 5.99. The molecule has 3 rings (SSSR count). The summed E-state index contributed by atoms with van der Waals surface area (Å²) < 4.78 is 0. The summed E-state index contributed by atoms with van der Waals surface area (Å²) in [5, 5.41) is 7.09. The maximum Gasteiger partial charge on any atom is 0.191 e. The number of nitrogens with one attached hydrogen (secondary N) is 2. The average Bonchev–Trinajstić information content (AvgIpc) is 3.21. The van der Waals surface area contributed by atoms with Gasteiger partial charge in [-0.15, -0.1) is 24.0 Å². The first-order chi connectivity index (χ1) is 13.7. The predicted molar refractivity (Wildman–Crippen MR) is 135 cm³/mol. The number of nitrogens with zero attached hydrogens (tertiary/aromatic N) is 4. The van der Waals surface area contributed by atoms with Crippen molar-refractivity contribution >= 4 is 35.6 Å². The normalized spacial score (nSPS) is 22.2. The van der Waals surface area contributed by atoms with Gasteiger partial charge in [0.2, 0.25) is 0 Å². The zero-order valence-electron chi connectivity index (χ0n) is 18.3. The lowest BCUT2D eigenvalue weighted by molar-refractivity contribution is 0.109. The van der Waals surface area contributed by atoms with Crippen LogP contribution in [0.15, 0.2) is 35.3 Å². The van der Waals surface area contributed by atoms with Crippen molar-refractivity contribution in [3.63, 3.8) is 0 Å². The summed E-state index contributed by atoms with van der Waals surface area (Å²) in [6, 6.07) is 11.6. The number of aliphatic imine (C=N–C) groups is 1. The van der Waals surface area contributed by atoms with Crippen molar-refractivity contribution in [2.45, 2.75) is 39.3 Å². The Bertz CT molecular complexity index is 603. The monoisotopic (exact) mass is 514 g/mol. The molecule has 1 aromatic rings. The second-order valence-corrected chi connectivity index (χ2v) is 7.95. The number of anilines is 1. The standard InChI is InChI=1S/C22H38N6.HI/c1-4-23-22(24-17-19(3)27-15-13-26(5-2)14-16-27)25-20-11-12-28(18-20)21-9-7-6-8-10-21;/h6-10,19-20H,4-5,11-18H2,1-3H3,(H2,23,24,25);1H. The van der Waals surface area contributed by atoms with Crippen LogP contribution >= 0.6 is 24.0 Å². The van der Waals surface area contributed by atoms with Crippen molar-refractivity contribution in [1.82, 2.24) is 20.4 Å². The van der Waals surface area contributed by atoms with E-state index in [9.17, 15) is 0 Å². The molecule has 2 aliphatic heterocycles. The van der Waals surface area contributed by atoms with E-state index >= 15 is 0 Å². The Morgan fingerprint density at radius 3 is 2.48 bits per heavy atom. The van der Waals surface area contributed by atoms with Crippen LogP contribution in [-0.2, 0) is 0 Å². The Labute approximate surface area is 194 Å². The molecule has 2 heterocycles. The molecule has 2 aliphatic rings. The smallest absolute Gasteiger partial charge is 0.191 e. The number of benzene rings is 1. The maximum atomic E-state index is 4.91. The molecule has 0 amide bonds. The molecule has 2 unspecified atom stereocenters. The molecule has 2 atom stereocenters. The van der Waals surface area contributed by atoms with Gasteiger partial charge in [0.15, 0.2) is 5.96 Å². The number of piperazine rings is 1. The van der Waals surface area contributed by atoms with Crippen molar-refractivity contribution in [3.05, 3.63) is 30.3 Å². The molecule has 2 N–H and O–H groups in total. The third kappa shape index (κ3) is 7.29. The molecule has 29 heavy (non-hydrogen) atoms.